The SMILES string of the molecule is O=C1NC(=O)C(c2ccncc2Sc2ccc(OCc3cccc(CO)c3)cc2)N1. The van der Waals surface area contributed by atoms with Crippen LogP contribution in [-0.4, -0.2) is 22.0 Å². The van der Waals surface area contributed by atoms with Gasteiger partial charge in [-0.2, -0.15) is 0 Å². The average Bonchev–Trinajstić information content (AvgIpc) is 3.11. The smallest absolute Gasteiger partial charge is 0.322 e. The van der Waals surface area contributed by atoms with E-state index in [0.29, 0.717) is 12.2 Å². The van der Waals surface area contributed by atoms with Crippen LogP contribution in [-0.2, 0) is 18.0 Å². The number of nitrogens with zero attached hydrogens (tertiary/aromatic N) is 1. The number of carbonyl (C=O) groups is 2. The third-order valence-corrected chi connectivity index (χ3v) is 5.60. The van der Waals surface area contributed by atoms with E-state index in [9.17, 15) is 14.7 Å². The van der Waals surface area contributed by atoms with E-state index in [4.69, 9.17) is 4.74 Å². The Morgan fingerprint density at radius 1 is 1.07 bits per heavy atom. The van der Waals surface area contributed by atoms with Crippen LogP contribution in [0.25, 0.3) is 0 Å². The molecule has 1 saturated heterocycles. The first-order valence-electron chi connectivity index (χ1n) is 9.27. The number of pyridine rings is 1. The highest BCUT2D eigenvalue weighted by Crippen LogP contribution is 2.34. The van der Waals surface area contributed by atoms with Crippen LogP contribution in [0.1, 0.15) is 22.7 Å². The number of carbonyl (C=O) groups excluding carboxylic acids is 2. The predicted octanol–water partition coefficient (Wildman–Crippen LogP) is 3.18. The van der Waals surface area contributed by atoms with E-state index in [1.165, 1.54) is 11.8 Å². The van der Waals surface area contributed by atoms with Crippen LogP contribution in [0, 0.1) is 0 Å². The fourth-order valence-corrected chi connectivity index (χ4v) is 4.01. The summed E-state index contributed by atoms with van der Waals surface area (Å²) >= 11 is 1.46. The topological polar surface area (TPSA) is 101 Å². The first-order chi connectivity index (χ1) is 14.6. The Bertz CT molecular complexity index is 1070. The Morgan fingerprint density at radius 2 is 1.87 bits per heavy atom. The van der Waals surface area contributed by atoms with Gasteiger partial charge in [-0.25, -0.2) is 4.79 Å². The van der Waals surface area contributed by atoms with Crippen molar-refractivity contribution >= 4 is 23.7 Å². The number of benzene rings is 2. The lowest BCUT2D eigenvalue weighted by Crippen LogP contribution is -2.22. The van der Waals surface area contributed by atoms with Crippen molar-refractivity contribution in [1.29, 1.82) is 0 Å². The van der Waals surface area contributed by atoms with Crippen molar-refractivity contribution in [3.63, 3.8) is 0 Å². The first kappa shape index (κ1) is 19.9. The summed E-state index contributed by atoms with van der Waals surface area (Å²) in [6.07, 6.45) is 3.27. The summed E-state index contributed by atoms with van der Waals surface area (Å²) in [5.41, 5.74) is 2.53. The number of rotatable bonds is 7. The van der Waals surface area contributed by atoms with Crippen LogP contribution in [0.2, 0.25) is 0 Å². The number of aliphatic hydroxyl groups excluding tert-OH is 1. The van der Waals surface area contributed by atoms with Gasteiger partial charge in [0.05, 0.1) is 6.61 Å². The minimum Gasteiger partial charge on any atom is -0.489 e. The molecule has 8 heteroatoms. The van der Waals surface area contributed by atoms with Gasteiger partial charge in [0.25, 0.3) is 5.91 Å². The molecule has 1 aliphatic rings. The third kappa shape index (κ3) is 4.61. The van der Waals surface area contributed by atoms with Gasteiger partial charge < -0.3 is 15.2 Å². The monoisotopic (exact) mass is 421 g/mol. The number of hydrogen-bond donors (Lipinski definition) is 3. The quantitative estimate of drug-likeness (QED) is 0.507. The van der Waals surface area contributed by atoms with Crippen LogP contribution in [0.5, 0.6) is 5.75 Å². The molecule has 0 bridgehead atoms. The molecule has 7 nitrogen and oxygen atoms in total. The number of aromatic nitrogens is 1. The van der Waals surface area contributed by atoms with Gasteiger partial charge in [0.15, 0.2) is 0 Å². The highest BCUT2D eigenvalue weighted by atomic mass is 32.2. The number of hydrogen-bond acceptors (Lipinski definition) is 6. The number of imide groups is 1. The Kier molecular flexibility index (Phi) is 5.97. The van der Waals surface area contributed by atoms with E-state index >= 15 is 0 Å². The van der Waals surface area contributed by atoms with Crippen LogP contribution in [0.4, 0.5) is 4.79 Å². The van der Waals surface area contributed by atoms with Crippen molar-refractivity contribution in [3.05, 3.63) is 83.7 Å². The Balaban J connectivity index is 1.43. The van der Waals surface area contributed by atoms with Gasteiger partial charge in [-0.05, 0) is 41.5 Å². The zero-order valence-corrected chi connectivity index (χ0v) is 16.7. The lowest BCUT2D eigenvalue weighted by atomic mass is 10.1. The second kappa shape index (κ2) is 8.98. The van der Waals surface area contributed by atoms with E-state index in [0.717, 1.165) is 26.7 Å². The van der Waals surface area contributed by atoms with Crippen LogP contribution >= 0.6 is 11.8 Å². The molecule has 1 aromatic heterocycles. The molecule has 3 amide bonds. The van der Waals surface area contributed by atoms with Crippen LogP contribution in [0.3, 0.4) is 0 Å². The molecule has 0 aliphatic carbocycles. The fourth-order valence-electron chi connectivity index (χ4n) is 3.07. The lowest BCUT2D eigenvalue weighted by molar-refractivity contribution is -0.120. The molecule has 1 unspecified atom stereocenters. The standard InChI is InChI=1S/C22H19N3O4S/c26-12-14-2-1-3-15(10-14)13-29-16-4-6-17(7-5-16)30-19-11-23-9-8-18(19)20-21(27)25-22(28)24-20/h1-11,20,26H,12-13H2,(H2,24,25,27,28). The lowest BCUT2D eigenvalue weighted by Gasteiger charge is -2.13. The van der Waals surface area contributed by atoms with E-state index in [1.54, 1.807) is 18.5 Å². The van der Waals surface area contributed by atoms with Gasteiger partial charge in [0.1, 0.15) is 18.4 Å². The average molecular weight is 421 g/mol. The maximum Gasteiger partial charge on any atom is 0.322 e. The van der Waals surface area contributed by atoms with Crippen molar-refractivity contribution in [2.75, 3.05) is 0 Å². The molecule has 1 fully saturated rings. The Labute approximate surface area is 177 Å². The number of urea groups is 1. The molecule has 4 rings (SSSR count). The first-order valence-corrected chi connectivity index (χ1v) is 10.1. The summed E-state index contributed by atoms with van der Waals surface area (Å²) in [4.78, 5) is 29.3. The summed E-state index contributed by atoms with van der Waals surface area (Å²) in [7, 11) is 0. The van der Waals surface area contributed by atoms with Gasteiger partial charge in [-0.1, -0.05) is 36.0 Å². The van der Waals surface area contributed by atoms with Crippen LogP contribution in [0.15, 0.2) is 76.8 Å². The summed E-state index contributed by atoms with van der Waals surface area (Å²) in [5, 5.41) is 14.1. The van der Waals surface area contributed by atoms with E-state index in [1.807, 2.05) is 48.5 Å². The van der Waals surface area contributed by atoms with Gasteiger partial charge in [0.2, 0.25) is 0 Å². The van der Waals surface area contributed by atoms with Crippen molar-refractivity contribution in [2.24, 2.45) is 0 Å². The molecule has 1 atom stereocenters. The summed E-state index contributed by atoms with van der Waals surface area (Å²) in [6, 6.07) is 15.7. The second-order valence-electron chi connectivity index (χ2n) is 6.65. The molecule has 0 spiro atoms. The van der Waals surface area contributed by atoms with Crippen molar-refractivity contribution < 1.29 is 19.4 Å². The predicted molar refractivity (Wildman–Crippen MR) is 111 cm³/mol. The summed E-state index contributed by atoms with van der Waals surface area (Å²) in [5.74, 6) is 0.352. The number of ether oxygens (including phenoxy) is 1. The van der Waals surface area contributed by atoms with Gasteiger partial charge in [-0.15, -0.1) is 0 Å². The third-order valence-electron chi connectivity index (χ3n) is 4.53. The number of nitrogens with one attached hydrogen (secondary N) is 2. The normalized spacial score (nSPS) is 15.6. The van der Waals surface area contributed by atoms with Crippen molar-refractivity contribution in [2.45, 2.75) is 29.0 Å². The fraction of sp³-hybridized carbons (Fsp3) is 0.136. The molecule has 2 heterocycles. The highest BCUT2D eigenvalue weighted by Gasteiger charge is 2.32. The largest absolute Gasteiger partial charge is 0.489 e. The highest BCUT2D eigenvalue weighted by molar-refractivity contribution is 7.99. The maximum atomic E-state index is 12.0. The molecule has 1 aliphatic heterocycles. The zero-order valence-electron chi connectivity index (χ0n) is 15.9. The van der Waals surface area contributed by atoms with E-state index < -0.39 is 12.1 Å². The molecule has 30 heavy (non-hydrogen) atoms. The minimum atomic E-state index is -0.722. The zero-order chi connectivity index (χ0) is 20.9. The minimum absolute atomic E-state index is 0.00227. The summed E-state index contributed by atoms with van der Waals surface area (Å²) in [6.45, 7) is 0.409. The van der Waals surface area contributed by atoms with Crippen molar-refractivity contribution in [3.8, 4) is 5.75 Å². The van der Waals surface area contributed by atoms with Gasteiger partial charge in [-0.3, -0.25) is 15.1 Å². The molecular weight excluding hydrogens is 402 g/mol. The second-order valence-corrected chi connectivity index (χ2v) is 7.76. The van der Waals surface area contributed by atoms with Crippen molar-refractivity contribution in [1.82, 2.24) is 15.6 Å². The Hall–Kier alpha value is -3.36. The molecular formula is C22H19N3O4S. The molecule has 2 aromatic carbocycles. The number of amides is 3. The molecule has 152 valence electrons. The van der Waals surface area contributed by atoms with Gasteiger partial charge >= 0.3 is 6.03 Å². The Morgan fingerprint density at radius 3 is 2.60 bits per heavy atom. The van der Waals surface area contributed by atoms with E-state index in [2.05, 4.69) is 15.6 Å². The summed E-state index contributed by atoms with van der Waals surface area (Å²) < 4.78 is 5.82. The molecule has 3 aromatic rings. The van der Waals surface area contributed by atoms with Crippen LogP contribution < -0.4 is 15.4 Å². The molecule has 0 saturated carbocycles. The number of aliphatic hydroxyl groups is 1. The maximum absolute atomic E-state index is 12.0. The molecule has 0 radical (unpaired) electrons. The molecule has 3 N–H and O–H groups in total. The van der Waals surface area contributed by atoms with E-state index in [-0.39, 0.29) is 12.5 Å². The van der Waals surface area contributed by atoms with Gasteiger partial charge in [0, 0.05) is 27.7 Å².